The van der Waals surface area contributed by atoms with Gasteiger partial charge in [-0.3, -0.25) is 4.79 Å². The summed E-state index contributed by atoms with van der Waals surface area (Å²) in [5.41, 5.74) is 0.447. The lowest BCUT2D eigenvalue weighted by atomic mass is 9.99. The van der Waals surface area contributed by atoms with Crippen molar-refractivity contribution in [3.05, 3.63) is 34.9 Å². The zero-order valence-electron chi connectivity index (χ0n) is 7.48. The molecule has 0 aliphatic carbocycles. The molecule has 1 aromatic rings. The van der Waals surface area contributed by atoms with E-state index >= 15 is 0 Å². The third kappa shape index (κ3) is 2.54. The summed E-state index contributed by atoms with van der Waals surface area (Å²) in [5.74, 6) is -1.01. The van der Waals surface area contributed by atoms with Gasteiger partial charge in [0.1, 0.15) is 0 Å². The predicted molar refractivity (Wildman–Crippen MR) is 53.4 cm³/mol. The normalized spacial score (nSPS) is 10.6. The summed E-state index contributed by atoms with van der Waals surface area (Å²) in [6, 6.07) is 6.34. The number of carbonyl (C=O) groups is 1. The molecular weight excluding hydrogens is 204 g/mol. The molecule has 0 aliphatic rings. The van der Waals surface area contributed by atoms with Gasteiger partial charge in [0.05, 0.1) is 19.1 Å². The molecule has 0 saturated heterocycles. The molecule has 0 unspecified atom stereocenters. The number of benzene rings is 1. The third-order valence-corrected chi connectivity index (χ3v) is 2.19. The predicted octanol–water partition coefficient (Wildman–Crippen LogP) is 1.12. The number of aliphatic hydroxyl groups is 2. The summed E-state index contributed by atoms with van der Waals surface area (Å²) in [7, 11) is 0. The van der Waals surface area contributed by atoms with Crippen LogP contribution >= 0.6 is 11.6 Å². The van der Waals surface area contributed by atoms with Crippen molar-refractivity contribution in [2.75, 3.05) is 13.2 Å². The first kappa shape index (κ1) is 11.2. The monoisotopic (exact) mass is 214 g/mol. The van der Waals surface area contributed by atoms with Crippen LogP contribution in [0.1, 0.15) is 10.4 Å². The van der Waals surface area contributed by atoms with Crippen molar-refractivity contribution in [3.8, 4) is 0 Å². The second-order valence-corrected chi connectivity index (χ2v) is 3.37. The Morgan fingerprint density at radius 2 is 1.71 bits per heavy atom. The van der Waals surface area contributed by atoms with Crippen LogP contribution in [0.15, 0.2) is 24.3 Å². The molecule has 0 saturated carbocycles. The summed E-state index contributed by atoms with van der Waals surface area (Å²) in [4.78, 5) is 11.6. The minimum Gasteiger partial charge on any atom is -0.396 e. The number of ketones is 1. The Balaban J connectivity index is 2.83. The van der Waals surface area contributed by atoms with E-state index in [1.165, 1.54) is 0 Å². The lowest BCUT2D eigenvalue weighted by Crippen LogP contribution is -2.22. The van der Waals surface area contributed by atoms with Crippen molar-refractivity contribution in [2.24, 2.45) is 5.92 Å². The molecule has 1 rings (SSSR count). The molecule has 0 radical (unpaired) electrons. The van der Waals surface area contributed by atoms with Gasteiger partial charge < -0.3 is 10.2 Å². The highest BCUT2D eigenvalue weighted by molar-refractivity contribution is 6.30. The SMILES string of the molecule is O=C(c1ccc(Cl)cc1)C(CO)CO. The third-order valence-electron chi connectivity index (χ3n) is 1.94. The van der Waals surface area contributed by atoms with Crippen LogP contribution in [0.4, 0.5) is 0 Å². The van der Waals surface area contributed by atoms with E-state index in [9.17, 15) is 4.79 Å². The van der Waals surface area contributed by atoms with Crippen molar-refractivity contribution in [3.63, 3.8) is 0 Å². The first-order chi connectivity index (χ1) is 6.69. The van der Waals surface area contributed by atoms with Gasteiger partial charge in [0, 0.05) is 10.6 Å². The molecule has 0 spiro atoms. The molecule has 3 nitrogen and oxygen atoms in total. The molecule has 0 aromatic heterocycles. The summed E-state index contributed by atoms with van der Waals surface area (Å²) in [6.45, 7) is -0.698. The molecule has 0 atom stereocenters. The van der Waals surface area contributed by atoms with Crippen molar-refractivity contribution in [1.82, 2.24) is 0 Å². The molecule has 0 heterocycles. The van der Waals surface area contributed by atoms with E-state index in [0.717, 1.165) is 0 Å². The molecule has 2 N–H and O–H groups in total. The number of rotatable bonds is 4. The van der Waals surface area contributed by atoms with Crippen LogP contribution in [0, 0.1) is 5.92 Å². The molecule has 0 fully saturated rings. The van der Waals surface area contributed by atoms with E-state index in [1.54, 1.807) is 24.3 Å². The Labute approximate surface area is 86.9 Å². The van der Waals surface area contributed by atoms with Crippen LogP contribution in [0.5, 0.6) is 0 Å². The van der Waals surface area contributed by atoms with Crippen LogP contribution in [-0.4, -0.2) is 29.2 Å². The van der Waals surface area contributed by atoms with Crippen LogP contribution in [0.2, 0.25) is 5.02 Å². The van der Waals surface area contributed by atoms with E-state index in [-0.39, 0.29) is 19.0 Å². The highest BCUT2D eigenvalue weighted by Crippen LogP contribution is 2.13. The second-order valence-electron chi connectivity index (χ2n) is 2.93. The van der Waals surface area contributed by atoms with Crippen molar-refractivity contribution < 1.29 is 15.0 Å². The average molecular weight is 215 g/mol. The zero-order valence-corrected chi connectivity index (χ0v) is 8.24. The highest BCUT2D eigenvalue weighted by Gasteiger charge is 2.17. The standard InChI is InChI=1S/C10H11ClO3/c11-9-3-1-7(2-4-9)10(14)8(5-12)6-13/h1-4,8,12-13H,5-6H2. The van der Waals surface area contributed by atoms with E-state index < -0.39 is 5.92 Å². The van der Waals surface area contributed by atoms with Gasteiger partial charge in [0.25, 0.3) is 0 Å². The van der Waals surface area contributed by atoms with Gasteiger partial charge in [-0.05, 0) is 24.3 Å². The number of hydrogen-bond acceptors (Lipinski definition) is 3. The summed E-state index contributed by atoms with van der Waals surface area (Å²) in [5, 5.41) is 18.2. The number of carbonyl (C=O) groups excluding carboxylic acids is 1. The molecular formula is C10H11ClO3. The maximum Gasteiger partial charge on any atom is 0.170 e. The maximum atomic E-state index is 11.6. The van der Waals surface area contributed by atoms with Crippen molar-refractivity contribution in [1.29, 1.82) is 0 Å². The fraction of sp³-hybridized carbons (Fsp3) is 0.300. The largest absolute Gasteiger partial charge is 0.396 e. The molecule has 76 valence electrons. The van der Waals surface area contributed by atoms with Crippen molar-refractivity contribution >= 4 is 17.4 Å². The fourth-order valence-corrected chi connectivity index (χ4v) is 1.20. The van der Waals surface area contributed by atoms with Crippen LogP contribution < -0.4 is 0 Å². The molecule has 0 aliphatic heterocycles. The van der Waals surface area contributed by atoms with Gasteiger partial charge in [-0.1, -0.05) is 11.6 Å². The molecule has 1 aromatic carbocycles. The zero-order chi connectivity index (χ0) is 10.6. The van der Waals surface area contributed by atoms with Crippen LogP contribution in [-0.2, 0) is 0 Å². The van der Waals surface area contributed by atoms with Crippen molar-refractivity contribution in [2.45, 2.75) is 0 Å². The molecule has 0 amide bonds. The number of aliphatic hydroxyl groups excluding tert-OH is 2. The Morgan fingerprint density at radius 1 is 1.21 bits per heavy atom. The summed E-state index contributed by atoms with van der Waals surface area (Å²) < 4.78 is 0. The first-order valence-electron chi connectivity index (χ1n) is 4.20. The summed E-state index contributed by atoms with van der Waals surface area (Å²) >= 11 is 5.65. The quantitative estimate of drug-likeness (QED) is 0.739. The van der Waals surface area contributed by atoms with E-state index in [4.69, 9.17) is 21.8 Å². The minimum atomic E-state index is -0.740. The second kappa shape index (κ2) is 5.10. The van der Waals surface area contributed by atoms with E-state index in [1.807, 2.05) is 0 Å². The van der Waals surface area contributed by atoms with E-state index in [2.05, 4.69) is 0 Å². The van der Waals surface area contributed by atoms with Crippen LogP contribution in [0.3, 0.4) is 0 Å². The Hall–Kier alpha value is -0.900. The number of hydrogen-bond donors (Lipinski definition) is 2. The van der Waals surface area contributed by atoms with Gasteiger partial charge in [-0.2, -0.15) is 0 Å². The molecule has 4 heteroatoms. The topological polar surface area (TPSA) is 57.5 Å². The fourth-order valence-electron chi connectivity index (χ4n) is 1.07. The van der Waals surface area contributed by atoms with Gasteiger partial charge in [0.15, 0.2) is 5.78 Å². The van der Waals surface area contributed by atoms with Gasteiger partial charge in [-0.15, -0.1) is 0 Å². The van der Waals surface area contributed by atoms with Gasteiger partial charge in [-0.25, -0.2) is 0 Å². The number of Topliss-reactive ketones (excluding diaryl/α,β-unsaturated/α-hetero) is 1. The van der Waals surface area contributed by atoms with E-state index in [0.29, 0.717) is 10.6 Å². The first-order valence-corrected chi connectivity index (χ1v) is 4.58. The molecule has 0 bridgehead atoms. The van der Waals surface area contributed by atoms with Gasteiger partial charge in [0.2, 0.25) is 0 Å². The highest BCUT2D eigenvalue weighted by atomic mass is 35.5. The lowest BCUT2D eigenvalue weighted by molar-refractivity contribution is 0.0769. The molecule has 14 heavy (non-hydrogen) atoms. The lowest BCUT2D eigenvalue weighted by Gasteiger charge is -2.09. The Morgan fingerprint density at radius 3 is 2.14 bits per heavy atom. The van der Waals surface area contributed by atoms with Gasteiger partial charge >= 0.3 is 0 Å². The maximum absolute atomic E-state index is 11.6. The average Bonchev–Trinajstić information content (AvgIpc) is 2.20. The minimum absolute atomic E-state index is 0.272. The van der Waals surface area contributed by atoms with Crippen LogP contribution in [0.25, 0.3) is 0 Å². The number of halogens is 1. The Bertz CT molecular complexity index is 304. The Kier molecular flexibility index (Phi) is 4.07. The smallest absolute Gasteiger partial charge is 0.170 e. The summed E-state index contributed by atoms with van der Waals surface area (Å²) in [6.07, 6.45) is 0.